The van der Waals surface area contributed by atoms with Crippen LogP contribution in [0.4, 0.5) is 5.69 Å². The Morgan fingerprint density at radius 1 is 1.20 bits per heavy atom. The summed E-state index contributed by atoms with van der Waals surface area (Å²) in [6.07, 6.45) is 2.44. The summed E-state index contributed by atoms with van der Waals surface area (Å²) in [7, 11) is -4.03. The molecule has 1 aliphatic heterocycles. The van der Waals surface area contributed by atoms with Gasteiger partial charge in [-0.25, -0.2) is 8.42 Å². The first kappa shape index (κ1) is 32.5. The third-order valence-electron chi connectivity index (χ3n) is 6.62. The molecule has 0 bridgehead atoms. The number of hydrogen-bond donors (Lipinski definition) is 2. The van der Waals surface area contributed by atoms with E-state index in [1.807, 2.05) is 51.7 Å². The molecule has 2 N–H and O–H groups in total. The molecule has 2 atom stereocenters. The first-order valence-electron chi connectivity index (χ1n) is 13.8. The van der Waals surface area contributed by atoms with Crippen molar-refractivity contribution in [3.05, 3.63) is 64.5 Å². The predicted octanol–water partition coefficient (Wildman–Crippen LogP) is 2.10. The summed E-state index contributed by atoms with van der Waals surface area (Å²) in [5.74, 6) is -0.186. The number of carbonyl (C=O) groups excluding carboxylic acids is 1. The first-order chi connectivity index (χ1) is 19.2. The van der Waals surface area contributed by atoms with Crippen LogP contribution in [-0.2, 0) is 21.4 Å². The second-order valence-electron chi connectivity index (χ2n) is 12.0. The van der Waals surface area contributed by atoms with Crippen molar-refractivity contribution in [1.82, 2.24) is 24.4 Å². The number of sulfonamides is 1. The fourth-order valence-corrected chi connectivity index (χ4v) is 6.46. The Hall–Kier alpha value is -2.97. The van der Waals surface area contributed by atoms with E-state index in [1.54, 1.807) is 12.4 Å². The van der Waals surface area contributed by atoms with Gasteiger partial charge in [-0.1, -0.05) is 19.9 Å². The average molecular weight is 591 g/mol. The van der Waals surface area contributed by atoms with Gasteiger partial charge in [0.15, 0.2) is 0 Å². The lowest BCUT2D eigenvalue weighted by atomic mass is 10.1. The second kappa shape index (κ2) is 13.8. The van der Waals surface area contributed by atoms with Gasteiger partial charge in [-0.3, -0.25) is 29.7 Å². The van der Waals surface area contributed by atoms with E-state index in [4.69, 9.17) is 0 Å². The highest BCUT2D eigenvalue weighted by molar-refractivity contribution is 7.89. The van der Waals surface area contributed by atoms with Gasteiger partial charge in [-0.2, -0.15) is 4.31 Å². The molecule has 13 heteroatoms. The number of nitrogens with zero attached hydrogens (tertiary/aromatic N) is 5. The summed E-state index contributed by atoms with van der Waals surface area (Å²) in [4.78, 5) is 32.0. The van der Waals surface area contributed by atoms with E-state index < -0.39 is 32.6 Å². The molecule has 0 radical (unpaired) electrons. The van der Waals surface area contributed by atoms with Crippen LogP contribution in [-0.4, -0.2) is 100 Å². The van der Waals surface area contributed by atoms with Crippen molar-refractivity contribution in [2.24, 2.45) is 5.92 Å². The minimum Gasteiger partial charge on any atom is -0.390 e. The van der Waals surface area contributed by atoms with E-state index in [0.717, 1.165) is 17.7 Å². The van der Waals surface area contributed by atoms with E-state index >= 15 is 0 Å². The van der Waals surface area contributed by atoms with Crippen LogP contribution in [0, 0.1) is 16.0 Å². The Morgan fingerprint density at radius 2 is 1.88 bits per heavy atom. The number of non-ortho nitro benzene ring substituents is 1. The van der Waals surface area contributed by atoms with Crippen LogP contribution in [0.1, 0.15) is 40.2 Å². The Labute approximate surface area is 242 Å². The molecular formula is C28H42N6O6S. The summed E-state index contributed by atoms with van der Waals surface area (Å²) in [5, 5.41) is 25.2. The zero-order valence-electron chi connectivity index (χ0n) is 24.4. The van der Waals surface area contributed by atoms with Gasteiger partial charge in [0.05, 0.1) is 15.9 Å². The molecule has 0 saturated carbocycles. The van der Waals surface area contributed by atoms with Crippen molar-refractivity contribution in [1.29, 1.82) is 0 Å². The zero-order valence-corrected chi connectivity index (χ0v) is 25.2. The fraction of sp³-hybridized carbons (Fsp3) is 0.571. The number of pyridine rings is 1. The molecule has 12 nitrogen and oxygen atoms in total. The third-order valence-corrected chi connectivity index (χ3v) is 8.46. The molecule has 226 valence electrons. The number of piperazine rings is 1. The van der Waals surface area contributed by atoms with Crippen molar-refractivity contribution in [3.63, 3.8) is 0 Å². The average Bonchev–Trinajstić information content (AvgIpc) is 2.88. The molecule has 3 rings (SSSR count). The van der Waals surface area contributed by atoms with Gasteiger partial charge in [-0.05, 0) is 50.5 Å². The molecule has 1 aliphatic rings. The summed E-state index contributed by atoms with van der Waals surface area (Å²) < 4.78 is 28.2. The molecule has 1 saturated heterocycles. The van der Waals surface area contributed by atoms with Crippen molar-refractivity contribution < 1.29 is 23.2 Å². The topological polar surface area (TPSA) is 149 Å². The largest absolute Gasteiger partial charge is 0.390 e. The number of aliphatic hydroxyl groups is 1. The monoisotopic (exact) mass is 590 g/mol. The van der Waals surface area contributed by atoms with E-state index in [2.05, 4.69) is 15.2 Å². The molecule has 41 heavy (non-hydrogen) atoms. The first-order valence-corrected chi connectivity index (χ1v) is 15.2. The maximum atomic E-state index is 13.5. The van der Waals surface area contributed by atoms with Crippen molar-refractivity contribution >= 4 is 21.6 Å². The summed E-state index contributed by atoms with van der Waals surface area (Å²) in [6.45, 7) is 11.8. The fourth-order valence-electron chi connectivity index (χ4n) is 4.82. The van der Waals surface area contributed by atoms with Crippen LogP contribution in [0.25, 0.3) is 0 Å². The molecule has 0 spiro atoms. The van der Waals surface area contributed by atoms with Gasteiger partial charge >= 0.3 is 0 Å². The number of β-amino-alcohol motifs (C(OH)–C–C–N with tert-alkyl or cyclic N) is 1. The van der Waals surface area contributed by atoms with Crippen LogP contribution < -0.4 is 5.32 Å². The molecule has 2 heterocycles. The highest BCUT2D eigenvalue weighted by atomic mass is 32.2. The van der Waals surface area contributed by atoms with Gasteiger partial charge < -0.3 is 10.4 Å². The van der Waals surface area contributed by atoms with Crippen molar-refractivity contribution in [2.75, 3.05) is 39.3 Å². The number of nitrogens with one attached hydrogen (secondary N) is 1. The Bertz CT molecular complexity index is 1270. The maximum absolute atomic E-state index is 13.5. The van der Waals surface area contributed by atoms with Gasteiger partial charge in [-0.15, -0.1) is 0 Å². The molecule has 1 aromatic heterocycles. The molecule has 1 amide bonds. The summed E-state index contributed by atoms with van der Waals surface area (Å²) in [6, 6.07) is 8.05. The van der Waals surface area contributed by atoms with Crippen molar-refractivity contribution in [2.45, 2.75) is 63.7 Å². The lowest BCUT2D eigenvalue weighted by molar-refractivity contribution is -0.384. The Kier molecular flexibility index (Phi) is 11.0. The predicted molar refractivity (Wildman–Crippen MR) is 155 cm³/mol. The van der Waals surface area contributed by atoms with Crippen LogP contribution in [0.15, 0.2) is 53.7 Å². The Balaban J connectivity index is 1.76. The maximum Gasteiger partial charge on any atom is 0.269 e. The molecule has 1 aromatic carbocycles. The molecular weight excluding hydrogens is 548 g/mol. The van der Waals surface area contributed by atoms with Crippen molar-refractivity contribution in [3.8, 4) is 0 Å². The molecule has 1 fully saturated rings. The van der Waals surface area contributed by atoms with Crippen LogP contribution in [0.5, 0.6) is 0 Å². The normalized spacial score (nSPS) is 18.0. The summed E-state index contributed by atoms with van der Waals surface area (Å²) in [5.41, 5.74) is 0.387. The Morgan fingerprint density at radius 3 is 2.44 bits per heavy atom. The molecule has 2 unspecified atom stereocenters. The minimum atomic E-state index is -4.03. The molecule has 0 aliphatic carbocycles. The van der Waals surface area contributed by atoms with E-state index in [0.29, 0.717) is 26.2 Å². The number of aromatic nitrogens is 1. The van der Waals surface area contributed by atoms with Crippen LogP contribution >= 0.6 is 0 Å². The highest BCUT2D eigenvalue weighted by Crippen LogP contribution is 2.22. The van der Waals surface area contributed by atoms with E-state index in [9.17, 15) is 28.4 Å². The number of hydrogen-bond acceptors (Lipinski definition) is 9. The number of nitro groups is 1. The van der Waals surface area contributed by atoms with Gasteiger partial charge in [0.1, 0.15) is 6.04 Å². The standard InChI is InChI=1S/C28H42N6O6S/c1-21(2)16-33(41(39,40)25-10-8-23(9-11-25)34(37)38)19-24(35)18-32-14-13-31(17-22-7-6-12-29-15-22)20-26(32)27(36)30-28(3,4)5/h6-12,15,21,24,26,35H,13-14,16-20H2,1-5H3,(H,30,36). The number of carbonyl (C=O) groups is 1. The number of benzene rings is 1. The zero-order chi connectivity index (χ0) is 30.4. The third kappa shape index (κ3) is 9.54. The van der Waals surface area contributed by atoms with Gasteiger partial charge in [0.25, 0.3) is 5.69 Å². The lowest BCUT2D eigenvalue weighted by Crippen LogP contribution is -2.62. The van der Waals surface area contributed by atoms with E-state index in [1.165, 1.54) is 16.4 Å². The van der Waals surface area contributed by atoms with Gasteiger partial charge in [0.2, 0.25) is 15.9 Å². The van der Waals surface area contributed by atoms with Gasteiger partial charge in [0, 0.05) is 75.9 Å². The van der Waals surface area contributed by atoms with Crippen LogP contribution in [0.3, 0.4) is 0 Å². The molecule has 2 aromatic rings. The summed E-state index contributed by atoms with van der Waals surface area (Å²) >= 11 is 0. The number of rotatable bonds is 12. The minimum absolute atomic E-state index is 0.0312. The highest BCUT2D eigenvalue weighted by Gasteiger charge is 2.36. The number of aliphatic hydroxyl groups excluding tert-OH is 1. The number of amides is 1. The van der Waals surface area contributed by atoms with Crippen LogP contribution in [0.2, 0.25) is 0 Å². The smallest absolute Gasteiger partial charge is 0.269 e. The van der Waals surface area contributed by atoms with E-state index in [-0.39, 0.29) is 42.0 Å². The number of nitro benzene ring substituents is 1. The quantitative estimate of drug-likeness (QED) is 0.280. The SMILES string of the molecule is CC(C)CN(CC(O)CN1CCN(Cc2cccnc2)CC1C(=O)NC(C)(C)C)S(=O)(=O)c1ccc([N+](=O)[O-])cc1. The second-order valence-corrected chi connectivity index (χ2v) is 13.9. The lowest BCUT2D eigenvalue weighted by Gasteiger charge is -2.42.